The van der Waals surface area contributed by atoms with Gasteiger partial charge in [0.05, 0.1) is 12.2 Å². The maximum atomic E-state index is 9.77. The van der Waals surface area contributed by atoms with E-state index in [2.05, 4.69) is 17.0 Å². The fourth-order valence-electron chi connectivity index (χ4n) is 2.49. The highest BCUT2D eigenvalue weighted by Crippen LogP contribution is 2.24. The van der Waals surface area contributed by atoms with Gasteiger partial charge >= 0.3 is 0 Å². The largest absolute Gasteiger partial charge is 0.388 e. The van der Waals surface area contributed by atoms with Crippen LogP contribution in [0.25, 0.3) is 0 Å². The van der Waals surface area contributed by atoms with Gasteiger partial charge in [0.15, 0.2) is 0 Å². The lowest BCUT2D eigenvalue weighted by molar-refractivity contribution is 0.0819. The number of methoxy groups -OCH3 is 1. The van der Waals surface area contributed by atoms with Crippen molar-refractivity contribution in [2.24, 2.45) is 0 Å². The van der Waals surface area contributed by atoms with Crippen LogP contribution in [0.2, 0.25) is 0 Å². The van der Waals surface area contributed by atoms with E-state index in [-0.39, 0.29) is 6.10 Å². The molecule has 0 aliphatic carbocycles. The van der Waals surface area contributed by atoms with Crippen molar-refractivity contribution in [2.75, 3.05) is 25.1 Å². The summed E-state index contributed by atoms with van der Waals surface area (Å²) in [5.41, 5.74) is 2.25. The van der Waals surface area contributed by atoms with Gasteiger partial charge in [-0.05, 0) is 37.0 Å². The van der Waals surface area contributed by atoms with Crippen molar-refractivity contribution in [3.05, 3.63) is 29.8 Å². The van der Waals surface area contributed by atoms with Crippen molar-refractivity contribution >= 4 is 5.69 Å². The van der Waals surface area contributed by atoms with E-state index in [1.165, 1.54) is 5.69 Å². The molecule has 0 bridgehead atoms. The molecule has 1 atom stereocenters. The molecule has 1 aliphatic heterocycles. The standard InChI is InChI=1S/C15H23NO2/c1-3-15(17)12-4-6-13(7-5-12)16-10-8-14(18-2)9-11-16/h4-7,14-15,17H,3,8-11H2,1-2H3/t15-/m1/s1. The number of aliphatic hydroxyl groups is 1. The van der Waals surface area contributed by atoms with Gasteiger partial charge in [-0.3, -0.25) is 0 Å². The van der Waals surface area contributed by atoms with E-state index < -0.39 is 0 Å². The zero-order chi connectivity index (χ0) is 13.0. The Kier molecular flexibility index (Phi) is 4.61. The number of ether oxygens (including phenoxy) is 1. The number of piperidine rings is 1. The van der Waals surface area contributed by atoms with Gasteiger partial charge in [0.1, 0.15) is 0 Å². The number of rotatable bonds is 4. The second-order valence-electron chi connectivity index (χ2n) is 4.94. The number of hydrogen-bond acceptors (Lipinski definition) is 3. The van der Waals surface area contributed by atoms with Crippen LogP contribution in [0.1, 0.15) is 37.9 Å². The molecule has 1 aromatic rings. The first-order valence-electron chi connectivity index (χ1n) is 6.80. The van der Waals surface area contributed by atoms with Crippen molar-refractivity contribution in [3.63, 3.8) is 0 Å². The zero-order valence-electron chi connectivity index (χ0n) is 11.3. The zero-order valence-corrected chi connectivity index (χ0v) is 11.3. The van der Waals surface area contributed by atoms with E-state index >= 15 is 0 Å². The number of nitrogens with zero attached hydrogens (tertiary/aromatic N) is 1. The van der Waals surface area contributed by atoms with Crippen molar-refractivity contribution < 1.29 is 9.84 Å². The lowest BCUT2D eigenvalue weighted by Gasteiger charge is -2.33. The minimum Gasteiger partial charge on any atom is -0.388 e. The fourth-order valence-corrected chi connectivity index (χ4v) is 2.49. The number of aliphatic hydroxyl groups excluding tert-OH is 1. The Labute approximate surface area is 109 Å². The predicted octanol–water partition coefficient (Wildman–Crippen LogP) is 2.75. The number of anilines is 1. The average molecular weight is 249 g/mol. The summed E-state index contributed by atoms with van der Waals surface area (Å²) in [7, 11) is 1.79. The van der Waals surface area contributed by atoms with Gasteiger partial charge < -0.3 is 14.7 Å². The summed E-state index contributed by atoms with van der Waals surface area (Å²) in [4.78, 5) is 2.39. The number of benzene rings is 1. The van der Waals surface area contributed by atoms with Crippen LogP contribution in [-0.4, -0.2) is 31.4 Å². The summed E-state index contributed by atoms with van der Waals surface area (Å²) in [6, 6.07) is 8.29. The minimum atomic E-state index is -0.335. The highest BCUT2D eigenvalue weighted by Gasteiger charge is 2.18. The van der Waals surface area contributed by atoms with Gasteiger partial charge in [-0.25, -0.2) is 0 Å². The van der Waals surface area contributed by atoms with Crippen LogP contribution in [0.3, 0.4) is 0 Å². The molecule has 1 fully saturated rings. The van der Waals surface area contributed by atoms with Gasteiger partial charge in [0.25, 0.3) is 0 Å². The van der Waals surface area contributed by atoms with E-state index in [0.717, 1.165) is 37.9 Å². The van der Waals surface area contributed by atoms with Gasteiger partial charge in [-0.1, -0.05) is 19.1 Å². The Morgan fingerprint density at radius 1 is 1.28 bits per heavy atom. The SMILES string of the molecule is CC[C@@H](O)c1ccc(N2CCC(OC)CC2)cc1. The predicted molar refractivity (Wildman–Crippen MR) is 73.9 cm³/mol. The molecule has 0 radical (unpaired) electrons. The van der Waals surface area contributed by atoms with Crippen LogP contribution in [-0.2, 0) is 4.74 Å². The quantitative estimate of drug-likeness (QED) is 0.890. The lowest BCUT2D eigenvalue weighted by Crippen LogP contribution is -2.36. The molecule has 100 valence electrons. The molecule has 1 heterocycles. The van der Waals surface area contributed by atoms with Crippen molar-refractivity contribution in [1.29, 1.82) is 0 Å². The highest BCUT2D eigenvalue weighted by molar-refractivity contribution is 5.48. The van der Waals surface area contributed by atoms with E-state index in [9.17, 15) is 5.11 Å². The first kappa shape index (κ1) is 13.4. The van der Waals surface area contributed by atoms with E-state index in [0.29, 0.717) is 6.10 Å². The molecular formula is C15H23NO2. The van der Waals surface area contributed by atoms with Crippen LogP contribution >= 0.6 is 0 Å². The molecule has 0 saturated carbocycles. The average Bonchev–Trinajstić information content (AvgIpc) is 2.47. The molecule has 18 heavy (non-hydrogen) atoms. The Hall–Kier alpha value is -1.06. The molecule has 0 amide bonds. The second-order valence-corrected chi connectivity index (χ2v) is 4.94. The minimum absolute atomic E-state index is 0.335. The third-order valence-corrected chi connectivity index (χ3v) is 3.81. The van der Waals surface area contributed by atoms with Crippen LogP contribution in [0.5, 0.6) is 0 Å². The topological polar surface area (TPSA) is 32.7 Å². The maximum absolute atomic E-state index is 9.77. The molecule has 2 rings (SSSR count). The van der Waals surface area contributed by atoms with E-state index in [1.54, 1.807) is 7.11 Å². The first-order valence-corrected chi connectivity index (χ1v) is 6.80. The second kappa shape index (κ2) is 6.21. The molecule has 3 nitrogen and oxygen atoms in total. The third kappa shape index (κ3) is 3.03. The maximum Gasteiger partial charge on any atom is 0.0787 e. The van der Waals surface area contributed by atoms with Crippen molar-refractivity contribution in [1.82, 2.24) is 0 Å². The van der Waals surface area contributed by atoms with E-state index in [1.807, 2.05) is 19.1 Å². The highest BCUT2D eigenvalue weighted by atomic mass is 16.5. The Morgan fingerprint density at radius 2 is 1.89 bits per heavy atom. The summed E-state index contributed by atoms with van der Waals surface area (Å²) in [5.74, 6) is 0. The van der Waals surface area contributed by atoms with Gasteiger partial charge in [-0.2, -0.15) is 0 Å². The number of hydrogen-bond donors (Lipinski definition) is 1. The molecule has 1 saturated heterocycles. The van der Waals surface area contributed by atoms with Gasteiger partial charge in [0, 0.05) is 25.9 Å². The Balaban J connectivity index is 1.98. The molecule has 0 aromatic heterocycles. The van der Waals surface area contributed by atoms with E-state index in [4.69, 9.17) is 4.74 Å². The molecular weight excluding hydrogens is 226 g/mol. The summed E-state index contributed by atoms with van der Waals surface area (Å²) in [6.07, 6.45) is 3.03. The Morgan fingerprint density at radius 3 is 2.39 bits per heavy atom. The van der Waals surface area contributed by atoms with Crippen LogP contribution in [0.4, 0.5) is 5.69 Å². The smallest absolute Gasteiger partial charge is 0.0787 e. The molecule has 0 spiro atoms. The van der Waals surface area contributed by atoms with Crippen LogP contribution in [0.15, 0.2) is 24.3 Å². The van der Waals surface area contributed by atoms with Gasteiger partial charge in [0.2, 0.25) is 0 Å². The third-order valence-electron chi connectivity index (χ3n) is 3.81. The normalized spacial score (nSPS) is 18.9. The molecule has 1 N–H and O–H groups in total. The van der Waals surface area contributed by atoms with Crippen molar-refractivity contribution in [2.45, 2.75) is 38.4 Å². The van der Waals surface area contributed by atoms with Crippen LogP contribution < -0.4 is 4.90 Å². The molecule has 3 heteroatoms. The summed E-state index contributed by atoms with van der Waals surface area (Å²) in [5, 5.41) is 9.77. The lowest BCUT2D eigenvalue weighted by atomic mass is 10.0. The van der Waals surface area contributed by atoms with Crippen LogP contribution in [0, 0.1) is 0 Å². The summed E-state index contributed by atoms with van der Waals surface area (Å²) >= 11 is 0. The fraction of sp³-hybridized carbons (Fsp3) is 0.600. The van der Waals surface area contributed by atoms with Gasteiger partial charge in [-0.15, -0.1) is 0 Å². The van der Waals surface area contributed by atoms with Crippen molar-refractivity contribution in [3.8, 4) is 0 Å². The Bertz CT molecular complexity index is 355. The monoisotopic (exact) mass is 249 g/mol. The summed E-state index contributed by atoms with van der Waals surface area (Å²) < 4.78 is 5.38. The molecule has 0 unspecified atom stereocenters. The molecule has 1 aromatic carbocycles. The molecule has 1 aliphatic rings. The summed E-state index contributed by atoms with van der Waals surface area (Å²) in [6.45, 7) is 4.09. The first-order chi connectivity index (χ1) is 8.74.